The van der Waals surface area contributed by atoms with Gasteiger partial charge in [-0.25, -0.2) is 0 Å². The quantitative estimate of drug-likeness (QED) is 0.727. The van der Waals surface area contributed by atoms with Crippen molar-refractivity contribution in [3.05, 3.63) is 29.8 Å². The van der Waals surface area contributed by atoms with Gasteiger partial charge in [-0.15, -0.1) is 0 Å². The van der Waals surface area contributed by atoms with Crippen LogP contribution >= 0.6 is 0 Å². The largest absolute Gasteiger partial charge is 0.496 e. The molecule has 0 N–H and O–H groups in total. The summed E-state index contributed by atoms with van der Waals surface area (Å²) in [5.41, 5.74) is 1.06. The van der Waals surface area contributed by atoms with Gasteiger partial charge in [-0.2, -0.15) is 0 Å². The Kier molecular flexibility index (Phi) is 5.28. The van der Waals surface area contributed by atoms with Crippen LogP contribution in [0.15, 0.2) is 24.3 Å². The molecule has 21 heavy (non-hydrogen) atoms. The molecule has 0 radical (unpaired) electrons. The lowest BCUT2D eigenvalue weighted by atomic mass is 10.0. The zero-order valence-corrected chi connectivity index (χ0v) is 13.1. The molecule has 0 saturated carbocycles. The summed E-state index contributed by atoms with van der Waals surface area (Å²) in [6.45, 7) is 3.37. The summed E-state index contributed by atoms with van der Waals surface area (Å²) in [5, 5.41) is 1.89. The van der Waals surface area contributed by atoms with Gasteiger partial charge in [-0.05, 0) is 30.2 Å². The van der Waals surface area contributed by atoms with Gasteiger partial charge in [0.1, 0.15) is 17.2 Å². The standard InChI is InChI=1S/C17H22O4/c1-5-10-21-11-12-6-7-14(19-3)17-15(20-4)9-8-13(18-2)16(12)17/h6-9H,5,10-11H2,1-4H3. The van der Waals surface area contributed by atoms with Gasteiger partial charge >= 0.3 is 0 Å². The minimum atomic E-state index is 0.540. The minimum absolute atomic E-state index is 0.540. The number of hydrogen-bond donors (Lipinski definition) is 0. The van der Waals surface area contributed by atoms with E-state index in [1.807, 2.05) is 24.3 Å². The summed E-state index contributed by atoms with van der Waals surface area (Å²) in [6, 6.07) is 7.75. The van der Waals surface area contributed by atoms with Crippen molar-refractivity contribution in [2.75, 3.05) is 27.9 Å². The Balaban J connectivity index is 2.64. The molecule has 114 valence electrons. The summed E-state index contributed by atoms with van der Waals surface area (Å²) in [4.78, 5) is 0. The third-order valence-corrected chi connectivity index (χ3v) is 3.40. The van der Waals surface area contributed by atoms with Crippen LogP contribution in [-0.4, -0.2) is 27.9 Å². The first-order valence-corrected chi connectivity index (χ1v) is 7.05. The molecule has 0 unspecified atom stereocenters. The molecule has 0 aliphatic carbocycles. The first-order chi connectivity index (χ1) is 10.3. The smallest absolute Gasteiger partial charge is 0.130 e. The predicted octanol–water partition coefficient (Wildman–Crippen LogP) is 3.79. The van der Waals surface area contributed by atoms with E-state index in [9.17, 15) is 0 Å². The van der Waals surface area contributed by atoms with Gasteiger partial charge in [0.25, 0.3) is 0 Å². The predicted molar refractivity (Wildman–Crippen MR) is 83.6 cm³/mol. The Morgan fingerprint density at radius 2 is 1.29 bits per heavy atom. The van der Waals surface area contributed by atoms with Crippen molar-refractivity contribution in [1.29, 1.82) is 0 Å². The van der Waals surface area contributed by atoms with Crippen LogP contribution in [0.1, 0.15) is 18.9 Å². The van der Waals surface area contributed by atoms with Crippen LogP contribution in [0.3, 0.4) is 0 Å². The molecule has 0 amide bonds. The van der Waals surface area contributed by atoms with E-state index in [2.05, 4.69) is 6.92 Å². The maximum atomic E-state index is 5.69. The van der Waals surface area contributed by atoms with Gasteiger partial charge in [0, 0.05) is 12.0 Å². The fourth-order valence-corrected chi connectivity index (χ4v) is 2.43. The molecule has 0 aliphatic rings. The monoisotopic (exact) mass is 290 g/mol. The average molecular weight is 290 g/mol. The number of hydrogen-bond acceptors (Lipinski definition) is 4. The maximum Gasteiger partial charge on any atom is 0.130 e. The number of ether oxygens (including phenoxy) is 4. The van der Waals surface area contributed by atoms with Crippen molar-refractivity contribution in [2.45, 2.75) is 20.0 Å². The Bertz CT molecular complexity index is 597. The van der Waals surface area contributed by atoms with Gasteiger partial charge in [0.15, 0.2) is 0 Å². The molecule has 2 rings (SSSR count). The van der Waals surface area contributed by atoms with Crippen molar-refractivity contribution >= 4 is 10.8 Å². The van der Waals surface area contributed by atoms with Crippen molar-refractivity contribution in [3.8, 4) is 17.2 Å². The van der Waals surface area contributed by atoms with Crippen LogP contribution in [0.25, 0.3) is 10.8 Å². The van der Waals surface area contributed by atoms with Gasteiger partial charge in [0.05, 0.1) is 33.3 Å². The van der Waals surface area contributed by atoms with E-state index in [0.717, 1.165) is 46.6 Å². The zero-order chi connectivity index (χ0) is 15.2. The Hall–Kier alpha value is -1.94. The van der Waals surface area contributed by atoms with Gasteiger partial charge in [0.2, 0.25) is 0 Å². The van der Waals surface area contributed by atoms with E-state index in [1.165, 1.54) is 0 Å². The molecule has 2 aromatic carbocycles. The minimum Gasteiger partial charge on any atom is -0.496 e. The number of benzene rings is 2. The lowest BCUT2D eigenvalue weighted by molar-refractivity contribution is 0.122. The molecule has 0 aliphatic heterocycles. The third-order valence-electron chi connectivity index (χ3n) is 3.40. The van der Waals surface area contributed by atoms with Gasteiger partial charge in [-0.1, -0.05) is 13.0 Å². The molecule has 0 atom stereocenters. The van der Waals surface area contributed by atoms with Gasteiger partial charge < -0.3 is 18.9 Å². The van der Waals surface area contributed by atoms with Crippen molar-refractivity contribution in [2.24, 2.45) is 0 Å². The normalized spacial score (nSPS) is 10.7. The van der Waals surface area contributed by atoms with E-state index >= 15 is 0 Å². The lowest BCUT2D eigenvalue weighted by Gasteiger charge is -2.16. The Morgan fingerprint density at radius 3 is 1.81 bits per heavy atom. The van der Waals surface area contributed by atoms with Crippen molar-refractivity contribution in [3.63, 3.8) is 0 Å². The van der Waals surface area contributed by atoms with Crippen LogP contribution in [0.5, 0.6) is 17.2 Å². The molecule has 4 heteroatoms. The summed E-state index contributed by atoms with van der Waals surface area (Å²) in [5.74, 6) is 2.32. The van der Waals surface area contributed by atoms with Crippen LogP contribution in [-0.2, 0) is 11.3 Å². The second kappa shape index (κ2) is 7.18. The van der Waals surface area contributed by atoms with Crippen LogP contribution in [0, 0.1) is 0 Å². The first kappa shape index (κ1) is 15.4. The Labute approximate surface area is 125 Å². The summed E-state index contributed by atoms with van der Waals surface area (Å²) >= 11 is 0. The molecule has 4 nitrogen and oxygen atoms in total. The average Bonchev–Trinajstić information content (AvgIpc) is 2.54. The van der Waals surface area contributed by atoms with Crippen molar-refractivity contribution < 1.29 is 18.9 Å². The van der Waals surface area contributed by atoms with E-state index < -0.39 is 0 Å². The highest BCUT2D eigenvalue weighted by molar-refractivity contribution is 6.00. The number of fused-ring (bicyclic) bond motifs is 1. The van der Waals surface area contributed by atoms with E-state index in [1.54, 1.807) is 21.3 Å². The molecular formula is C17H22O4. The second-order valence-electron chi connectivity index (χ2n) is 4.70. The molecule has 0 spiro atoms. The SMILES string of the molecule is CCCOCc1ccc(OC)c2c(OC)ccc(OC)c12. The zero-order valence-electron chi connectivity index (χ0n) is 13.1. The van der Waals surface area contributed by atoms with E-state index in [0.29, 0.717) is 6.61 Å². The molecule has 0 saturated heterocycles. The van der Waals surface area contributed by atoms with Crippen LogP contribution < -0.4 is 14.2 Å². The second-order valence-corrected chi connectivity index (χ2v) is 4.70. The highest BCUT2D eigenvalue weighted by atomic mass is 16.5. The number of methoxy groups -OCH3 is 3. The highest BCUT2D eigenvalue weighted by Gasteiger charge is 2.16. The Morgan fingerprint density at radius 1 is 0.762 bits per heavy atom. The first-order valence-electron chi connectivity index (χ1n) is 7.05. The van der Waals surface area contributed by atoms with Crippen molar-refractivity contribution in [1.82, 2.24) is 0 Å². The molecule has 0 heterocycles. The maximum absolute atomic E-state index is 5.69. The third kappa shape index (κ3) is 3.05. The molecule has 0 aromatic heterocycles. The summed E-state index contributed by atoms with van der Waals surface area (Å²) in [7, 11) is 4.97. The van der Waals surface area contributed by atoms with E-state index in [-0.39, 0.29) is 0 Å². The molecule has 0 bridgehead atoms. The topological polar surface area (TPSA) is 36.9 Å². The van der Waals surface area contributed by atoms with Crippen LogP contribution in [0.4, 0.5) is 0 Å². The molecule has 2 aromatic rings. The summed E-state index contributed by atoms with van der Waals surface area (Å²) in [6.07, 6.45) is 0.995. The fraction of sp³-hybridized carbons (Fsp3) is 0.412. The number of rotatable bonds is 7. The molecular weight excluding hydrogens is 268 g/mol. The highest BCUT2D eigenvalue weighted by Crippen LogP contribution is 2.41. The molecule has 0 fully saturated rings. The fourth-order valence-electron chi connectivity index (χ4n) is 2.43. The van der Waals surface area contributed by atoms with E-state index in [4.69, 9.17) is 18.9 Å². The van der Waals surface area contributed by atoms with Crippen LogP contribution in [0.2, 0.25) is 0 Å². The lowest BCUT2D eigenvalue weighted by Crippen LogP contribution is -1.99. The summed E-state index contributed by atoms with van der Waals surface area (Å²) < 4.78 is 22.1. The van der Waals surface area contributed by atoms with Gasteiger partial charge in [-0.3, -0.25) is 0 Å².